The van der Waals surface area contributed by atoms with Gasteiger partial charge in [0.1, 0.15) is 0 Å². The van der Waals surface area contributed by atoms with Gasteiger partial charge >= 0.3 is 0 Å². The summed E-state index contributed by atoms with van der Waals surface area (Å²) in [5.41, 5.74) is 0.738. The summed E-state index contributed by atoms with van der Waals surface area (Å²) in [6.45, 7) is 4.35. The van der Waals surface area contributed by atoms with Gasteiger partial charge in [0, 0.05) is 31.2 Å². The van der Waals surface area contributed by atoms with Crippen LogP contribution < -0.4 is 0 Å². The van der Waals surface area contributed by atoms with Crippen molar-refractivity contribution < 1.29 is 23.8 Å². The minimum Gasteiger partial charge on any atom is -0.503 e. The van der Waals surface area contributed by atoms with E-state index in [0.717, 1.165) is 19.6 Å². The summed E-state index contributed by atoms with van der Waals surface area (Å²) in [4.78, 5) is 29.8. The van der Waals surface area contributed by atoms with Crippen LogP contribution in [-0.2, 0) is 9.53 Å². The lowest BCUT2D eigenvalue weighted by molar-refractivity contribution is -0.129. The molecular weight excluding hydrogens is 408 g/mol. The van der Waals surface area contributed by atoms with Gasteiger partial charge in [-0.1, -0.05) is 23.7 Å². The Morgan fingerprint density at radius 2 is 1.87 bits per heavy atom. The van der Waals surface area contributed by atoms with E-state index >= 15 is 0 Å². The number of aliphatic hydroxyl groups is 1. The average molecular weight is 431 g/mol. The molecule has 30 heavy (non-hydrogen) atoms. The predicted octanol–water partition coefficient (Wildman–Crippen LogP) is 3.23. The van der Waals surface area contributed by atoms with Crippen LogP contribution >= 0.6 is 11.6 Å². The third-order valence-electron chi connectivity index (χ3n) is 5.46. The van der Waals surface area contributed by atoms with Crippen molar-refractivity contribution in [2.24, 2.45) is 0 Å². The van der Waals surface area contributed by atoms with E-state index in [0.29, 0.717) is 36.8 Å². The second-order valence-electron chi connectivity index (χ2n) is 7.33. The normalized spacial score (nSPS) is 20.2. The summed E-state index contributed by atoms with van der Waals surface area (Å²) in [5, 5.41) is 11.2. The molecule has 0 saturated carbocycles. The van der Waals surface area contributed by atoms with Crippen molar-refractivity contribution in [1.82, 2.24) is 9.80 Å². The summed E-state index contributed by atoms with van der Waals surface area (Å²) in [6.07, 6.45) is 2.10. The van der Waals surface area contributed by atoms with E-state index < -0.39 is 23.5 Å². The van der Waals surface area contributed by atoms with E-state index in [1.165, 1.54) is 12.3 Å². The highest BCUT2D eigenvalue weighted by atomic mass is 35.5. The fraction of sp³-hybridized carbons (Fsp3) is 0.364. The molecule has 1 aromatic carbocycles. The van der Waals surface area contributed by atoms with Gasteiger partial charge in [0.05, 0.1) is 31.1 Å². The van der Waals surface area contributed by atoms with Crippen LogP contribution in [0.5, 0.6) is 0 Å². The molecule has 0 aliphatic carbocycles. The molecule has 158 valence electrons. The first-order valence-corrected chi connectivity index (χ1v) is 10.3. The molecule has 1 fully saturated rings. The van der Waals surface area contributed by atoms with Crippen LogP contribution in [0.3, 0.4) is 0 Å². The Balaban J connectivity index is 1.59. The fourth-order valence-corrected chi connectivity index (χ4v) is 4.06. The number of ether oxygens (including phenoxy) is 1. The van der Waals surface area contributed by atoms with E-state index in [9.17, 15) is 14.7 Å². The van der Waals surface area contributed by atoms with Gasteiger partial charge in [0.15, 0.2) is 11.5 Å². The molecule has 1 saturated heterocycles. The molecule has 0 unspecified atom stereocenters. The van der Waals surface area contributed by atoms with Crippen molar-refractivity contribution in [2.45, 2.75) is 12.5 Å². The Morgan fingerprint density at radius 3 is 2.53 bits per heavy atom. The third kappa shape index (κ3) is 4.14. The van der Waals surface area contributed by atoms with Crippen LogP contribution in [-0.4, -0.2) is 66.0 Å². The van der Waals surface area contributed by atoms with Crippen LogP contribution in [0.25, 0.3) is 0 Å². The highest BCUT2D eigenvalue weighted by Crippen LogP contribution is 2.39. The molecule has 1 atom stereocenters. The molecule has 2 aliphatic heterocycles. The zero-order chi connectivity index (χ0) is 21.1. The van der Waals surface area contributed by atoms with Gasteiger partial charge in [-0.15, -0.1) is 0 Å². The SMILES string of the molecule is O=C(C1=C(O)C(=O)N(CCCN2CCOCC2)[C@H]1c1ccc(Cl)cc1)c1ccco1. The highest BCUT2D eigenvalue weighted by molar-refractivity contribution is 6.30. The number of amides is 1. The summed E-state index contributed by atoms with van der Waals surface area (Å²) in [7, 11) is 0. The van der Waals surface area contributed by atoms with Gasteiger partial charge in [-0.25, -0.2) is 0 Å². The van der Waals surface area contributed by atoms with E-state index in [1.807, 2.05) is 0 Å². The number of furan rings is 1. The smallest absolute Gasteiger partial charge is 0.290 e. The van der Waals surface area contributed by atoms with E-state index in [-0.39, 0.29) is 11.3 Å². The van der Waals surface area contributed by atoms with Crippen molar-refractivity contribution in [2.75, 3.05) is 39.4 Å². The van der Waals surface area contributed by atoms with Gasteiger partial charge in [-0.2, -0.15) is 0 Å². The molecule has 0 spiro atoms. The van der Waals surface area contributed by atoms with Crippen LogP contribution in [0.1, 0.15) is 28.6 Å². The minimum absolute atomic E-state index is 0.0312. The quantitative estimate of drug-likeness (QED) is 0.679. The lowest BCUT2D eigenvalue weighted by Gasteiger charge is -2.30. The van der Waals surface area contributed by atoms with Crippen LogP contribution in [0.15, 0.2) is 58.4 Å². The van der Waals surface area contributed by atoms with Gasteiger partial charge in [0.2, 0.25) is 5.78 Å². The monoisotopic (exact) mass is 430 g/mol. The van der Waals surface area contributed by atoms with Gasteiger partial charge in [-0.3, -0.25) is 14.5 Å². The molecule has 1 N–H and O–H groups in total. The zero-order valence-electron chi connectivity index (χ0n) is 16.4. The third-order valence-corrected chi connectivity index (χ3v) is 5.71. The lowest BCUT2D eigenvalue weighted by atomic mass is 9.95. The van der Waals surface area contributed by atoms with Crippen molar-refractivity contribution in [3.63, 3.8) is 0 Å². The molecule has 8 heteroatoms. The first-order chi connectivity index (χ1) is 14.6. The second kappa shape index (κ2) is 9.04. The highest BCUT2D eigenvalue weighted by Gasteiger charge is 2.44. The average Bonchev–Trinajstić information content (AvgIpc) is 3.38. The Hall–Kier alpha value is -2.61. The van der Waals surface area contributed by atoms with E-state index in [2.05, 4.69) is 4.90 Å². The van der Waals surface area contributed by atoms with Crippen molar-refractivity contribution >= 4 is 23.3 Å². The molecule has 7 nitrogen and oxygen atoms in total. The summed E-state index contributed by atoms with van der Waals surface area (Å²) < 4.78 is 10.6. The molecular formula is C22H23ClN2O5. The van der Waals surface area contributed by atoms with Crippen molar-refractivity contribution in [3.05, 3.63) is 70.3 Å². The maximum absolute atomic E-state index is 13.0. The summed E-state index contributed by atoms with van der Waals surface area (Å²) >= 11 is 6.02. The number of rotatable bonds is 7. The molecule has 0 bridgehead atoms. The van der Waals surface area contributed by atoms with Crippen LogP contribution in [0.2, 0.25) is 5.02 Å². The number of hydrogen-bond donors (Lipinski definition) is 1. The number of hydrogen-bond acceptors (Lipinski definition) is 6. The molecule has 2 aliphatic rings. The topological polar surface area (TPSA) is 83.2 Å². The number of Topliss-reactive ketones (excluding diaryl/α,β-unsaturated/α-hetero) is 1. The van der Waals surface area contributed by atoms with E-state index in [4.69, 9.17) is 20.8 Å². The Bertz CT molecular complexity index is 933. The van der Waals surface area contributed by atoms with E-state index in [1.54, 1.807) is 35.2 Å². The molecule has 2 aromatic rings. The maximum atomic E-state index is 13.0. The number of aliphatic hydroxyl groups excluding tert-OH is 1. The molecule has 3 heterocycles. The minimum atomic E-state index is -0.697. The van der Waals surface area contributed by atoms with Gasteiger partial charge in [0.25, 0.3) is 5.91 Å². The number of morpholine rings is 1. The van der Waals surface area contributed by atoms with Crippen molar-refractivity contribution in [1.29, 1.82) is 0 Å². The lowest BCUT2D eigenvalue weighted by Crippen LogP contribution is -2.39. The molecule has 1 amide bonds. The number of halogens is 1. The summed E-state index contributed by atoms with van der Waals surface area (Å²) in [6, 6.07) is 9.37. The largest absolute Gasteiger partial charge is 0.503 e. The van der Waals surface area contributed by atoms with Crippen molar-refractivity contribution in [3.8, 4) is 0 Å². The number of ketones is 1. The van der Waals surface area contributed by atoms with Crippen LogP contribution in [0, 0.1) is 0 Å². The Labute approximate surface area is 179 Å². The van der Waals surface area contributed by atoms with Gasteiger partial charge in [-0.05, 0) is 36.2 Å². The summed E-state index contributed by atoms with van der Waals surface area (Å²) in [5.74, 6) is -1.49. The first-order valence-electron chi connectivity index (χ1n) is 9.94. The molecule has 0 radical (unpaired) electrons. The predicted molar refractivity (Wildman–Crippen MR) is 110 cm³/mol. The maximum Gasteiger partial charge on any atom is 0.290 e. The first kappa shape index (κ1) is 20.7. The number of nitrogens with zero attached hydrogens (tertiary/aromatic N) is 2. The Morgan fingerprint density at radius 1 is 1.13 bits per heavy atom. The number of benzene rings is 1. The number of carbonyl (C=O) groups is 2. The second-order valence-corrected chi connectivity index (χ2v) is 7.77. The molecule has 1 aromatic heterocycles. The number of carbonyl (C=O) groups excluding carboxylic acids is 2. The standard InChI is InChI=1S/C22H23ClN2O5/c23-16-6-4-15(5-7-16)19-18(20(26)17-3-1-12-30-17)21(27)22(28)25(19)9-2-8-24-10-13-29-14-11-24/h1,3-7,12,19,27H,2,8-11,13-14H2/t19-/m0/s1. The van der Waals surface area contributed by atoms with Crippen LogP contribution in [0.4, 0.5) is 0 Å². The van der Waals surface area contributed by atoms with Gasteiger partial charge < -0.3 is 19.2 Å². The zero-order valence-corrected chi connectivity index (χ0v) is 17.2. The molecule has 4 rings (SSSR count). The fourth-order valence-electron chi connectivity index (χ4n) is 3.94. The Kier molecular flexibility index (Phi) is 6.22.